The molecule has 0 saturated heterocycles. The summed E-state index contributed by atoms with van der Waals surface area (Å²) < 4.78 is 0. The Hall–Kier alpha value is -2.09. The number of nitrogens with one attached hydrogen (secondary N) is 2. The molecule has 2 N–H and O–H groups in total. The number of thioether (sulfide) groups is 1. The van der Waals surface area contributed by atoms with E-state index in [1.165, 1.54) is 48.3 Å². The zero-order valence-electron chi connectivity index (χ0n) is 14.6. The van der Waals surface area contributed by atoms with E-state index in [0.29, 0.717) is 17.4 Å². The predicted molar refractivity (Wildman–Crippen MR) is 96.6 cm³/mol. The molecule has 0 fully saturated rings. The fraction of sp³-hybridized carbons (Fsp3) is 0.529. The van der Waals surface area contributed by atoms with E-state index in [4.69, 9.17) is 0 Å². The maximum absolute atomic E-state index is 12.4. The predicted octanol–water partition coefficient (Wildman–Crippen LogP) is 1.82. The first kappa shape index (κ1) is 17.7. The van der Waals surface area contributed by atoms with Gasteiger partial charge in [-0.25, -0.2) is 4.98 Å². The van der Waals surface area contributed by atoms with Gasteiger partial charge in [-0.05, 0) is 38.2 Å². The zero-order chi connectivity index (χ0) is 17.8. The number of hydrogen-bond donors (Lipinski definition) is 2. The van der Waals surface area contributed by atoms with E-state index in [1.54, 1.807) is 18.9 Å². The lowest BCUT2D eigenvalue weighted by molar-refractivity contribution is -0.127. The minimum Gasteiger partial charge on any atom is -0.339 e. The Kier molecular flexibility index (Phi) is 5.57. The molecule has 0 unspecified atom stereocenters. The van der Waals surface area contributed by atoms with Crippen LogP contribution in [-0.2, 0) is 24.2 Å². The SMILES string of the molecule is Cc1cc(=O)[nH]c(SCC(=O)N(C)Cc2n[nH]c3c2CCCCC3)n1. The van der Waals surface area contributed by atoms with Gasteiger partial charge in [-0.3, -0.25) is 14.7 Å². The van der Waals surface area contributed by atoms with E-state index < -0.39 is 0 Å². The highest BCUT2D eigenvalue weighted by Gasteiger charge is 2.19. The van der Waals surface area contributed by atoms with Crippen LogP contribution in [0.5, 0.6) is 0 Å². The van der Waals surface area contributed by atoms with Crippen molar-refractivity contribution in [3.05, 3.63) is 39.1 Å². The van der Waals surface area contributed by atoms with Gasteiger partial charge in [0.1, 0.15) is 0 Å². The van der Waals surface area contributed by atoms with Crippen LogP contribution in [0.1, 0.15) is 41.9 Å². The van der Waals surface area contributed by atoms with Crippen molar-refractivity contribution in [1.29, 1.82) is 0 Å². The number of hydrogen-bond acceptors (Lipinski definition) is 5. The van der Waals surface area contributed by atoms with Crippen LogP contribution in [-0.4, -0.2) is 43.8 Å². The highest BCUT2D eigenvalue weighted by Crippen LogP contribution is 2.22. The molecule has 1 amide bonds. The zero-order valence-corrected chi connectivity index (χ0v) is 15.4. The van der Waals surface area contributed by atoms with Crippen LogP contribution in [0, 0.1) is 6.92 Å². The molecule has 3 rings (SSSR count). The Morgan fingerprint density at radius 2 is 2.12 bits per heavy atom. The fourth-order valence-corrected chi connectivity index (χ4v) is 3.89. The van der Waals surface area contributed by atoms with Crippen molar-refractivity contribution in [3.63, 3.8) is 0 Å². The van der Waals surface area contributed by atoms with Crippen LogP contribution in [0.4, 0.5) is 0 Å². The van der Waals surface area contributed by atoms with Crippen LogP contribution in [0.15, 0.2) is 16.0 Å². The summed E-state index contributed by atoms with van der Waals surface area (Å²) in [6, 6.07) is 1.43. The summed E-state index contributed by atoms with van der Waals surface area (Å²) in [7, 11) is 1.78. The molecule has 1 aliphatic rings. The second kappa shape index (κ2) is 7.86. The average Bonchev–Trinajstić information content (AvgIpc) is 2.79. The molecule has 8 heteroatoms. The first-order valence-corrected chi connectivity index (χ1v) is 9.51. The van der Waals surface area contributed by atoms with E-state index in [1.807, 2.05) is 0 Å². The number of aromatic nitrogens is 4. The number of aryl methyl sites for hydroxylation is 2. The molecule has 2 aromatic heterocycles. The standard InChI is InChI=1S/C17H23N5O2S/c1-11-8-15(23)19-17(18-11)25-10-16(24)22(2)9-14-12-6-4-3-5-7-13(12)20-21-14/h8H,3-7,9-10H2,1-2H3,(H,20,21)(H,18,19,23). The van der Waals surface area contributed by atoms with Gasteiger partial charge in [0.05, 0.1) is 18.0 Å². The van der Waals surface area contributed by atoms with Gasteiger partial charge < -0.3 is 9.88 Å². The fourth-order valence-electron chi connectivity index (χ4n) is 3.03. The first-order chi connectivity index (χ1) is 12.0. The molecule has 134 valence electrons. The van der Waals surface area contributed by atoms with Crippen LogP contribution in [0.25, 0.3) is 0 Å². The van der Waals surface area contributed by atoms with E-state index in [0.717, 1.165) is 18.5 Å². The minimum absolute atomic E-state index is 0.0143. The van der Waals surface area contributed by atoms with E-state index >= 15 is 0 Å². The van der Waals surface area contributed by atoms with Gasteiger partial charge in [0.25, 0.3) is 5.56 Å². The van der Waals surface area contributed by atoms with Gasteiger partial charge in [-0.2, -0.15) is 5.10 Å². The van der Waals surface area contributed by atoms with Crippen molar-refractivity contribution in [1.82, 2.24) is 25.1 Å². The average molecular weight is 361 g/mol. The van der Waals surface area contributed by atoms with Crippen molar-refractivity contribution in [2.75, 3.05) is 12.8 Å². The molecule has 25 heavy (non-hydrogen) atoms. The van der Waals surface area contributed by atoms with Crippen molar-refractivity contribution in [2.45, 2.75) is 50.7 Å². The Bertz CT molecular complexity index is 814. The topological polar surface area (TPSA) is 94.7 Å². The molecule has 0 aromatic carbocycles. The highest BCUT2D eigenvalue weighted by atomic mass is 32.2. The van der Waals surface area contributed by atoms with E-state index in [9.17, 15) is 9.59 Å². The summed E-state index contributed by atoms with van der Waals surface area (Å²) in [5.41, 5.74) is 3.93. The first-order valence-electron chi connectivity index (χ1n) is 8.52. The number of H-pyrrole nitrogens is 2. The van der Waals surface area contributed by atoms with Crippen molar-refractivity contribution in [3.8, 4) is 0 Å². The third kappa shape index (κ3) is 4.50. The van der Waals surface area contributed by atoms with Crippen molar-refractivity contribution in [2.24, 2.45) is 0 Å². The normalized spacial score (nSPS) is 14.0. The lowest BCUT2D eigenvalue weighted by Gasteiger charge is -2.16. The highest BCUT2D eigenvalue weighted by molar-refractivity contribution is 7.99. The molecule has 0 aliphatic heterocycles. The van der Waals surface area contributed by atoms with Crippen molar-refractivity contribution >= 4 is 17.7 Å². The molecule has 0 spiro atoms. The number of rotatable bonds is 5. The minimum atomic E-state index is -0.199. The molecular formula is C17H23N5O2S. The monoisotopic (exact) mass is 361 g/mol. The lowest BCUT2D eigenvalue weighted by Crippen LogP contribution is -2.28. The molecule has 0 atom stereocenters. The Balaban J connectivity index is 1.59. The van der Waals surface area contributed by atoms with Crippen LogP contribution < -0.4 is 5.56 Å². The van der Waals surface area contributed by atoms with Gasteiger partial charge in [0.15, 0.2) is 5.16 Å². The van der Waals surface area contributed by atoms with Crippen molar-refractivity contribution < 1.29 is 4.79 Å². The third-order valence-electron chi connectivity index (χ3n) is 4.39. The Labute approximate surface area is 150 Å². The van der Waals surface area contributed by atoms with Gasteiger partial charge >= 0.3 is 0 Å². The molecule has 2 aromatic rings. The third-order valence-corrected chi connectivity index (χ3v) is 5.24. The second-order valence-electron chi connectivity index (χ2n) is 6.42. The summed E-state index contributed by atoms with van der Waals surface area (Å²) in [6.45, 7) is 2.26. The molecule has 7 nitrogen and oxygen atoms in total. The van der Waals surface area contributed by atoms with Gasteiger partial charge in [-0.1, -0.05) is 18.2 Å². The number of aromatic amines is 2. The van der Waals surface area contributed by atoms with Gasteiger partial charge in [0.2, 0.25) is 5.91 Å². The van der Waals surface area contributed by atoms with Crippen LogP contribution in [0.2, 0.25) is 0 Å². The maximum atomic E-state index is 12.4. The molecule has 0 saturated carbocycles. The molecule has 0 radical (unpaired) electrons. The number of carbonyl (C=O) groups is 1. The van der Waals surface area contributed by atoms with E-state index in [-0.39, 0.29) is 17.2 Å². The summed E-state index contributed by atoms with van der Waals surface area (Å²) in [6.07, 6.45) is 5.70. The Morgan fingerprint density at radius 1 is 1.32 bits per heavy atom. The number of carbonyl (C=O) groups excluding carboxylic acids is 1. The number of nitrogens with zero attached hydrogens (tertiary/aromatic N) is 3. The van der Waals surface area contributed by atoms with Crippen LogP contribution >= 0.6 is 11.8 Å². The molecule has 1 aliphatic carbocycles. The summed E-state index contributed by atoms with van der Waals surface area (Å²) >= 11 is 1.24. The summed E-state index contributed by atoms with van der Waals surface area (Å²) in [5, 5.41) is 8.03. The molecule has 0 bridgehead atoms. The lowest BCUT2D eigenvalue weighted by atomic mass is 10.1. The van der Waals surface area contributed by atoms with Gasteiger partial charge in [0, 0.05) is 24.5 Å². The summed E-state index contributed by atoms with van der Waals surface area (Å²) in [4.78, 5) is 32.4. The quantitative estimate of drug-likeness (QED) is 0.481. The summed E-state index contributed by atoms with van der Waals surface area (Å²) in [5.74, 6) is 0.217. The van der Waals surface area contributed by atoms with E-state index in [2.05, 4.69) is 20.2 Å². The molecular weight excluding hydrogens is 338 g/mol. The number of fused-ring (bicyclic) bond motifs is 1. The maximum Gasteiger partial charge on any atom is 0.251 e. The molecule has 2 heterocycles. The largest absolute Gasteiger partial charge is 0.339 e. The smallest absolute Gasteiger partial charge is 0.251 e. The van der Waals surface area contributed by atoms with Gasteiger partial charge in [-0.15, -0.1) is 0 Å². The Morgan fingerprint density at radius 3 is 2.92 bits per heavy atom. The number of amides is 1. The second-order valence-corrected chi connectivity index (χ2v) is 7.38. The van der Waals surface area contributed by atoms with Crippen LogP contribution in [0.3, 0.4) is 0 Å².